The van der Waals surface area contributed by atoms with Crippen LogP contribution in [-0.2, 0) is 6.42 Å². The van der Waals surface area contributed by atoms with Crippen LogP contribution in [-0.4, -0.2) is 6.26 Å². The highest BCUT2D eigenvalue weighted by atomic mass is 32.2. The van der Waals surface area contributed by atoms with E-state index in [1.165, 1.54) is 42.6 Å². The van der Waals surface area contributed by atoms with Gasteiger partial charge in [-0.3, -0.25) is 0 Å². The molecule has 102 valence electrons. The van der Waals surface area contributed by atoms with Gasteiger partial charge in [-0.25, -0.2) is 0 Å². The number of thioether (sulfide) groups is 1. The van der Waals surface area contributed by atoms with Crippen molar-refractivity contribution >= 4 is 11.8 Å². The first-order valence-electron chi connectivity index (χ1n) is 7.24. The normalized spacial score (nSPS) is 12.9. The van der Waals surface area contributed by atoms with Crippen molar-refractivity contribution in [2.75, 3.05) is 6.26 Å². The van der Waals surface area contributed by atoms with Gasteiger partial charge in [0.25, 0.3) is 0 Å². The average Bonchev–Trinajstić information content (AvgIpc) is 2.36. The van der Waals surface area contributed by atoms with Gasteiger partial charge in [-0.15, -0.1) is 11.8 Å². The molecule has 1 heteroatoms. The van der Waals surface area contributed by atoms with E-state index in [0.29, 0.717) is 0 Å². The molecule has 1 unspecified atom stereocenters. The van der Waals surface area contributed by atoms with Crippen LogP contribution in [0.5, 0.6) is 0 Å². The Morgan fingerprint density at radius 2 is 1.61 bits per heavy atom. The number of aryl methyl sites for hydroxylation is 1. The molecular formula is C17H28S. The van der Waals surface area contributed by atoms with Crippen LogP contribution in [0.15, 0.2) is 29.2 Å². The molecule has 0 amide bonds. The quantitative estimate of drug-likeness (QED) is 0.534. The summed E-state index contributed by atoms with van der Waals surface area (Å²) in [6.07, 6.45) is 8.86. The molecule has 1 atom stereocenters. The molecule has 0 nitrogen and oxygen atoms in total. The summed E-state index contributed by atoms with van der Waals surface area (Å²) >= 11 is 1.82. The number of rotatable bonds is 8. The highest BCUT2D eigenvalue weighted by molar-refractivity contribution is 7.98. The van der Waals surface area contributed by atoms with E-state index in [1.807, 2.05) is 11.8 Å². The van der Waals surface area contributed by atoms with Gasteiger partial charge in [-0.05, 0) is 48.6 Å². The zero-order chi connectivity index (χ0) is 13.4. The predicted octanol–water partition coefficient (Wildman–Crippen LogP) is 5.80. The van der Waals surface area contributed by atoms with Gasteiger partial charge >= 0.3 is 0 Å². The molecule has 0 fully saturated rings. The Bertz CT molecular complexity index is 313. The monoisotopic (exact) mass is 264 g/mol. The van der Waals surface area contributed by atoms with Gasteiger partial charge in [0.15, 0.2) is 0 Å². The van der Waals surface area contributed by atoms with Gasteiger partial charge in [-0.1, -0.05) is 52.2 Å². The highest BCUT2D eigenvalue weighted by Crippen LogP contribution is 2.19. The zero-order valence-electron chi connectivity index (χ0n) is 12.4. The molecule has 1 rings (SSSR count). The fourth-order valence-electron chi connectivity index (χ4n) is 2.22. The van der Waals surface area contributed by atoms with Gasteiger partial charge < -0.3 is 0 Å². The fraction of sp³-hybridized carbons (Fsp3) is 0.647. The maximum absolute atomic E-state index is 2.40. The number of benzene rings is 1. The largest absolute Gasteiger partial charge is 0.130 e. The Morgan fingerprint density at radius 3 is 2.17 bits per heavy atom. The molecular weight excluding hydrogens is 236 g/mol. The summed E-state index contributed by atoms with van der Waals surface area (Å²) in [6.45, 7) is 7.03. The second kappa shape index (κ2) is 8.63. The summed E-state index contributed by atoms with van der Waals surface area (Å²) in [6, 6.07) is 9.05. The van der Waals surface area contributed by atoms with Crippen molar-refractivity contribution in [2.24, 2.45) is 11.8 Å². The second-order valence-corrected chi connectivity index (χ2v) is 6.70. The standard InChI is InChI=1S/C17H28S/c1-14(2)6-5-7-15(3)8-9-16-10-12-17(18-4)13-11-16/h10-15H,5-9H2,1-4H3. The molecule has 0 saturated heterocycles. The first kappa shape index (κ1) is 15.6. The summed E-state index contributed by atoms with van der Waals surface area (Å²) in [4.78, 5) is 1.36. The predicted molar refractivity (Wildman–Crippen MR) is 84.4 cm³/mol. The van der Waals surface area contributed by atoms with Crippen LogP contribution in [0.25, 0.3) is 0 Å². The molecule has 18 heavy (non-hydrogen) atoms. The van der Waals surface area contributed by atoms with Crippen molar-refractivity contribution in [3.05, 3.63) is 29.8 Å². The lowest BCUT2D eigenvalue weighted by atomic mass is 9.94. The maximum Gasteiger partial charge on any atom is 0.00693 e. The highest BCUT2D eigenvalue weighted by Gasteiger charge is 2.04. The van der Waals surface area contributed by atoms with E-state index >= 15 is 0 Å². The van der Waals surface area contributed by atoms with Crippen molar-refractivity contribution < 1.29 is 0 Å². The van der Waals surface area contributed by atoms with Gasteiger partial charge in [0.1, 0.15) is 0 Å². The molecule has 0 N–H and O–H groups in total. The lowest BCUT2D eigenvalue weighted by Gasteiger charge is -2.12. The van der Waals surface area contributed by atoms with E-state index in [0.717, 1.165) is 11.8 Å². The smallest absolute Gasteiger partial charge is 0.00693 e. The van der Waals surface area contributed by atoms with Gasteiger partial charge in [0, 0.05) is 4.90 Å². The van der Waals surface area contributed by atoms with E-state index in [2.05, 4.69) is 51.3 Å². The van der Waals surface area contributed by atoms with Crippen molar-refractivity contribution in [1.82, 2.24) is 0 Å². The average molecular weight is 264 g/mol. The summed E-state index contributed by atoms with van der Waals surface area (Å²) in [5, 5.41) is 0. The molecule has 0 bridgehead atoms. The summed E-state index contributed by atoms with van der Waals surface area (Å²) in [5.74, 6) is 1.72. The Labute approximate surface area is 118 Å². The van der Waals surface area contributed by atoms with Crippen LogP contribution in [0.1, 0.15) is 52.0 Å². The minimum absolute atomic E-state index is 0.858. The molecule has 0 spiro atoms. The fourth-order valence-corrected chi connectivity index (χ4v) is 2.63. The van der Waals surface area contributed by atoms with E-state index in [1.54, 1.807) is 0 Å². The van der Waals surface area contributed by atoms with Crippen molar-refractivity contribution in [1.29, 1.82) is 0 Å². The Kier molecular flexibility index (Phi) is 7.50. The third kappa shape index (κ3) is 6.49. The van der Waals surface area contributed by atoms with E-state index in [9.17, 15) is 0 Å². The summed E-state index contributed by atoms with van der Waals surface area (Å²) in [7, 11) is 0. The van der Waals surface area contributed by atoms with Crippen LogP contribution in [0, 0.1) is 11.8 Å². The first-order valence-corrected chi connectivity index (χ1v) is 8.47. The van der Waals surface area contributed by atoms with Crippen molar-refractivity contribution in [3.63, 3.8) is 0 Å². The molecule has 0 aliphatic carbocycles. The Balaban J connectivity index is 2.22. The topological polar surface area (TPSA) is 0 Å². The Hall–Kier alpha value is -0.430. The van der Waals surface area contributed by atoms with Gasteiger partial charge in [0.05, 0.1) is 0 Å². The Morgan fingerprint density at radius 1 is 0.944 bits per heavy atom. The molecule has 0 saturated carbocycles. The molecule has 1 aromatic rings. The number of hydrogen-bond donors (Lipinski definition) is 0. The maximum atomic E-state index is 2.40. The third-order valence-electron chi connectivity index (χ3n) is 3.56. The van der Waals surface area contributed by atoms with Crippen LogP contribution >= 0.6 is 11.8 Å². The minimum atomic E-state index is 0.858. The zero-order valence-corrected chi connectivity index (χ0v) is 13.2. The third-order valence-corrected chi connectivity index (χ3v) is 4.31. The van der Waals surface area contributed by atoms with Gasteiger partial charge in [0.2, 0.25) is 0 Å². The second-order valence-electron chi connectivity index (χ2n) is 5.82. The first-order chi connectivity index (χ1) is 8.61. The summed E-state index contributed by atoms with van der Waals surface area (Å²) < 4.78 is 0. The molecule has 0 aromatic heterocycles. The molecule has 1 aromatic carbocycles. The molecule has 0 aliphatic heterocycles. The van der Waals surface area contributed by atoms with Crippen LogP contribution in [0.2, 0.25) is 0 Å². The number of hydrogen-bond acceptors (Lipinski definition) is 1. The van der Waals surface area contributed by atoms with Crippen molar-refractivity contribution in [3.8, 4) is 0 Å². The lowest BCUT2D eigenvalue weighted by Crippen LogP contribution is -1.99. The minimum Gasteiger partial charge on any atom is -0.130 e. The molecule has 0 radical (unpaired) electrons. The lowest BCUT2D eigenvalue weighted by molar-refractivity contribution is 0.437. The van der Waals surface area contributed by atoms with E-state index in [4.69, 9.17) is 0 Å². The van der Waals surface area contributed by atoms with E-state index in [-0.39, 0.29) is 0 Å². The SMILES string of the molecule is CSc1ccc(CCC(C)CCCC(C)C)cc1. The van der Waals surface area contributed by atoms with Crippen molar-refractivity contribution in [2.45, 2.75) is 57.8 Å². The van der Waals surface area contributed by atoms with E-state index < -0.39 is 0 Å². The van der Waals surface area contributed by atoms with Crippen LogP contribution < -0.4 is 0 Å². The van der Waals surface area contributed by atoms with Crippen LogP contribution in [0.3, 0.4) is 0 Å². The van der Waals surface area contributed by atoms with Gasteiger partial charge in [-0.2, -0.15) is 0 Å². The van der Waals surface area contributed by atoms with Crippen LogP contribution in [0.4, 0.5) is 0 Å². The molecule has 0 heterocycles. The molecule has 0 aliphatic rings. The summed E-state index contributed by atoms with van der Waals surface area (Å²) in [5.41, 5.74) is 1.49.